The van der Waals surface area contributed by atoms with Gasteiger partial charge in [0.15, 0.2) is 0 Å². The maximum atomic E-state index is 13.1. The van der Waals surface area contributed by atoms with Crippen LogP contribution in [-0.2, 0) is 6.42 Å². The summed E-state index contributed by atoms with van der Waals surface area (Å²) in [6.07, 6.45) is 2.73. The SMILES string of the molecule is CN(CCO)C(=O)NC1CCCc2nc(-c3ccc(F)cc3)sc21. The monoisotopic (exact) mass is 349 g/mol. The van der Waals surface area contributed by atoms with Gasteiger partial charge in [-0.3, -0.25) is 0 Å². The van der Waals surface area contributed by atoms with E-state index in [0.717, 1.165) is 40.4 Å². The molecule has 2 N–H and O–H groups in total. The molecule has 24 heavy (non-hydrogen) atoms. The minimum atomic E-state index is -0.267. The first-order chi connectivity index (χ1) is 11.6. The lowest BCUT2D eigenvalue weighted by Gasteiger charge is -2.25. The van der Waals surface area contributed by atoms with E-state index in [1.54, 1.807) is 30.5 Å². The number of urea groups is 1. The van der Waals surface area contributed by atoms with Gasteiger partial charge in [-0.05, 0) is 43.5 Å². The number of thiazole rings is 1. The highest BCUT2D eigenvalue weighted by Crippen LogP contribution is 2.38. The molecule has 0 saturated carbocycles. The zero-order valence-corrected chi connectivity index (χ0v) is 14.3. The molecule has 1 aliphatic rings. The number of aliphatic hydroxyl groups excluding tert-OH is 1. The van der Waals surface area contributed by atoms with E-state index < -0.39 is 0 Å². The first-order valence-corrected chi connectivity index (χ1v) is 8.78. The predicted molar refractivity (Wildman–Crippen MR) is 91.4 cm³/mol. The van der Waals surface area contributed by atoms with Crippen LogP contribution < -0.4 is 5.32 Å². The van der Waals surface area contributed by atoms with E-state index in [9.17, 15) is 9.18 Å². The molecule has 1 aromatic heterocycles. The van der Waals surface area contributed by atoms with E-state index >= 15 is 0 Å². The molecule has 3 rings (SSSR count). The molecule has 1 unspecified atom stereocenters. The van der Waals surface area contributed by atoms with E-state index in [1.807, 2.05) is 0 Å². The van der Waals surface area contributed by atoms with E-state index in [-0.39, 0.29) is 24.5 Å². The number of rotatable bonds is 4. The third kappa shape index (κ3) is 3.57. The van der Waals surface area contributed by atoms with Crippen molar-refractivity contribution in [1.82, 2.24) is 15.2 Å². The Morgan fingerprint density at radius 1 is 1.46 bits per heavy atom. The number of aliphatic hydroxyl groups is 1. The standard InChI is InChI=1S/C17H20FN3O2S/c1-21(9-10-22)17(23)20-14-4-2-3-13-15(14)24-16(19-13)11-5-7-12(18)8-6-11/h5-8,14,22H,2-4,9-10H2,1H3,(H,20,23). The van der Waals surface area contributed by atoms with E-state index in [4.69, 9.17) is 5.11 Å². The van der Waals surface area contributed by atoms with Gasteiger partial charge in [0, 0.05) is 19.2 Å². The summed E-state index contributed by atoms with van der Waals surface area (Å²) in [7, 11) is 1.66. The fraction of sp³-hybridized carbons (Fsp3) is 0.412. The zero-order valence-electron chi connectivity index (χ0n) is 13.5. The summed E-state index contributed by atoms with van der Waals surface area (Å²) in [5.74, 6) is -0.267. The summed E-state index contributed by atoms with van der Waals surface area (Å²) in [4.78, 5) is 19.4. The molecular weight excluding hydrogens is 329 g/mol. The van der Waals surface area contributed by atoms with E-state index in [1.165, 1.54) is 17.0 Å². The highest BCUT2D eigenvalue weighted by molar-refractivity contribution is 7.15. The van der Waals surface area contributed by atoms with Gasteiger partial charge in [0.25, 0.3) is 0 Å². The Morgan fingerprint density at radius 2 is 2.21 bits per heavy atom. The number of aromatic nitrogens is 1. The van der Waals surface area contributed by atoms with Crippen molar-refractivity contribution in [2.75, 3.05) is 20.2 Å². The number of halogens is 1. The van der Waals surface area contributed by atoms with E-state index in [0.29, 0.717) is 6.54 Å². The average molecular weight is 349 g/mol. The molecule has 2 amide bonds. The van der Waals surface area contributed by atoms with Crippen LogP contribution in [0.3, 0.4) is 0 Å². The molecule has 0 bridgehead atoms. The number of fused-ring (bicyclic) bond motifs is 1. The number of hydrogen-bond donors (Lipinski definition) is 2. The number of likely N-dealkylation sites (N-methyl/N-ethyl adjacent to an activating group) is 1. The van der Waals surface area contributed by atoms with E-state index in [2.05, 4.69) is 10.3 Å². The number of nitrogens with zero attached hydrogens (tertiary/aromatic N) is 2. The Labute approximate surface area is 144 Å². The minimum Gasteiger partial charge on any atom is -0.395 e. The maximum Gasteiger partial charge on any atom is 0.317 e. The molecule has 128 valence electrons. The number of aryl methyl sites for hydroxylation is 1. The van der Waals surface area contributed by atoms with Crippen LogP contribution in [0.4, 0.5) is 9.18 Å². The van der Waals surface area contributed by atoms with Crippen LogP contribution in [0.25, 0.3) is 10.6 Å². The van der Waals surface area contributed by atoms with Crippen molar-refractivity contribution in [1.29, 1.82) is 0 Å². The second kappa shape index (κ2) is 7.27. The topological polar surface area (TPSA) is 65.5 Å². The molecule has 7 heteroatoms. The van der Waals surface area contributed by atoms with Gasteiger partial charge in [0.2, 0.25) is 0 Å². The lowest BCUT2D eigenvalue weighted by molar-refractivity contribution is 0.186. The van der Waals surface area contributed by atoms with Crippen molar-refractivity contribution in [2.45, 2.75) is 25.3 Å². The molecular formula is C17H20FN3O2S. The van der Waals surface area contributed by atoms with Gasteiger partial charge >= 0.3 is 6.03 Å². The Bertz CT molecular complexity index is 717. The van der Waals surface area contributed by atoms with Crippen LogP contribution in [-0.4, -0.2) is 41.2 Å². The molecule has 0 spiro atoms. The number of benzene rings is 1. The molecule has 0 saturated heterocycles. The Kier molecular flexibility index (Phi) is 5.11. The van der Waals surface area contributed by atoms with Crippen molar-refractivity contribution in [2.24, 2.45) is 0 Å². The first kappa shape index (κ1) is 16.9. The van der Waals surface area contributed by atoms with Gasteiger partial charge < -0.3 is 15.3 Å². The van der Waals surface area contributed by atoms with Gasteiger partial charge in [0.1, 0.15) is 10.8 Å². The number of amides is 2. The number of carbonyl (C=O) groups excluding carboxylic acids is 1. The van der Waals surface area contributed by atoms with Crippen molar-refractivity contribution in [3.63, 3.8) is 0 Å². The normalized spacial score (nSPS) is 16.5. The highest BCUT2D eigenvalue weighted by atomic mass is 32.1. The highest BCUT2D eigenvalue weighted by Gasteiger charge is 2.27. The van der Waals surface area contributed by atoms with Crippen LogP contribution in [0.15, 0.2) is 24.3 Å². The van der Waals surface area contributed by atoms with Crippen LogP contribution in [0, 0.1) is 5.82 Å². The van der Waals surface area contributed by atoms with Gasteiger partial charge in [-0.2, -0.15) is 0 Å². The molecule has 0 aliphatic heterocycles. The summed E-state index contributed by atoms with van der Waals surface area (Å²) in [5, 5.41) is 12.8. The molecule has 2 aromatic rings. The smallest absolute Gasteiger partial charge is 0.317 e. The van der Waals surface area contributed by atoms with Gasteiger partial charge in [-0.15, -0.1) is 11.3 Å². The number of carbonyl (C=O) groups is 1. The quantitative estimate of drug-likeness (QED) is 0.892. The third-order valence-corrected chi connectivity index (χ3v) is 5.38. The third-order valence-electron chi connectivity index (χ3n) is 4.12. The van der Waals surface area contributed by atoms with Crippen molar-refractivity contribution in [3.05, 3.63) is 40.7 Å². The summed E-state index contributed by atoms with van der Waals surface area (Å²) < 4.78 is 13.1. The average Bonchev–Trinajstić information content (AvgIpc) is 3.01. The summed E-state index contributed by atoms with van der Waals surface area (Å²) in [6, 6.07) is 6.05. The van der Waals surface area contributed by atoms with Gasteiger partial charge in [-0.25, -0.2) is 14.2 Å². The van der Waals surface area contributed by atoms with Crippen molar-refractivity contribution in [3.8, 4) is 10.6 Å². The summed E-state index contributed by atoms with van der Waals surface area (Å²) >= 11 is 1.55. The zero-order chi connectivity index (χ0) is 17.1. The maximum absolute atomic E-state index is 13.1. The Morgan fingerprint density at radius 3 is 2.92 bits per heavy atom. The van der Waals surface area contributed by atoms with Gasteiger partial charge in [0.05, 0.1) is 23.2 Å². The second-order valence-corrected chi connectivity index (χ2v) is 6.91. The van der Waals surface area contributed by atoms with Crippen LogP contribution in [0.1, 0.15) is 29.5 Å². The fourth-order valence-corrected chi connectivity index (χ4v) is 3.99. The summed E-state index contributed by atoms with van der Waals surface area (Å²) in [5.41, 5.74) is 1.90. The summed E-state index contributed by atoms with van der Waals surface area (Å²) in [6.45, 7) is 0.240. The largest absolute Gasteiger partial charge is 0.395 e. The lowest BCUT2D eigenvalue weighted by atomic mass is 9.98. The fourth-order valence-electron chi connectivity index (χ4n) is 2.78. The van der Waals surface area contributed by atoms with Crippen LogP contribution >= 0.6 is 11.3 Å². The molecule has 1 aromatic carbocycles. The molecule has 1 aliphatic carbocycles. The van der Waals surface area contributed by atoms with Crippen molar-refractivity contribution >= 4 is 17.4 Å². The second-order valence-electron chi connectivity index (χ2n) is 5.88. The van der Waals surface area contributed by atoms with Gasteiger partial charge in [-0.1, -0.05) is 0 Å². The predicted octanol–water partition coefficient (Wildman–Crippen LogP) is 2.96. The molecule has 0 fully saturated rings. The molecule has 1 heterocycles. The number of nitrogens with one attached hydrogen (secondary N) is 1. The first-order valence-electron chi connectivity index (χ1n) is 7.96. The minimum absolute atomic E-state index is 0.0604. The van der Waals surface area contributed by atoms with Crippen molar-refractivity contribution < 1.29 is 14.3 Å². The lowest BCUT2D eigenvalue weighted by Crippen LogP contribution is -2.41. The van der Waals surface area contributed by atoms with Crippen LogP contribution in [0.2, 0.25) is 0 Å². The van der Waals surface area contributed by atoms with Crippen LogP contribution in [0.5, 0.6) is 0 Å². The Balaban J connectivity index is 1.80. The molecule has 0 radical (unpaired) electrons. The number of hydrogen-bond acceptors (Lipinski definition) is 4. The molecule has 5 nitrogen and oxygen atoms in total. The Hall–Kier alpha value is -1.99. The molecule has 1 atom stereocenters.